The first-order valence-corrected chi connectivity index (χ1v) is 7.38. The highest BCUT2D eigenvalue weighted by Gasteiger charge is 2.15. The molecule has 3 nitrogen and oxygen atoms in total. The van der Waals surface area contributed by atoms with Crippen LogP contribution in [0.5, 0.6) is 0 Å². The van der Waals surface area contributed by atoms with Crippen LogP contribution in [0.3, 0.4) is 0 Å². The van der Waals surface area contributed by atoms with Crippen LogP contribution in [-0.2, 0) is 9.05 Å². The Labute approximate surface area is 97.3 Å². The maximum atomic E-state index is 11.1. The van der Waals surface area contributed by atoms with Crippen LogP contribution in [0.2, 0.25) is 0 Å². The zero-order chi connectivity index (χ0) is 10.3. The minimum Gasteiger partial charge on any atom is -0.263 e. The van der Waals surface area contributed by atoms with Gasteiger partial charge in [0.2, 0.25) is 0 Å². The van der Waals surface area contributed by atoms with E-state index in [1.54, 1.807) is 12.4 Å². The van der Waals surface area contributed by atoms with E-state index in [2.05, 4.69) is 20.9 Å². The van der Waals surface area contributed by atoms with Crippen molar-refractivity contribution < 1.29 is 8.42 Å². The molecule has 7 heteroatoms. The van der Waals surface area contributed by atoms with E-state index in [4.69, 9.17) is 10.7 Å². The summed E-state index contributed by atoms with van der Waals surface area (Å²) in [6.45, 7) is 0. The van der Waals surface area contributed by atoms with E-state index < -0.39 is 9.05 Å². The predicted molar refractivity (Wildman–Crippen MR) is 60.4 cm³/mol. The Balaban J connectivity index is 2.81. The number of thiophene rings is 1. The first-order valence-electron chi connectivity index (χ1n) is 3.46. The summed E-state index contributed by atoms with van der Waals surface area (Å²) in [5.41, 5.74) is 0. The molecule has 0 radical (unpaired) electrons. The average molecular weight is 313 g/mol. The third kappa shape index (κ3) is 1.79. The van der Waals surface area contributed by atoms with E-state index in [0.29, 0.717) is 0 Å². The third-order valence-corrected chi connectivity index (χ3v) is 5.72. The van der Waals surface area contributed by atoms with Gasteiger partial charge in [0.25, 0.3) is 9.05 Å². The highest BCUT2D eigenvalue weighted by molar-refractivity contribution is 9.10. The normalized spacial score (nSPS) is 12.1. The lowest BCUT2D eigenvalue weighted by Crippen LogP contribution is -1.83. The first kappa shape index (κ1) is 10.4. The fourth-order valence-corrected chi connectivity index (χ4v) is 3.72. The maximum absolute atomic E-state index is 11.1. The minimum atomic E-state index is -3.64. The fourth-order valence-electron chi connectivity index (χ4n) is 1.03. The largest absolute Gasteiger partial charge is 0.270 e. The van der Waals surface area contributed by atoms with E-state index in [0.717, 1.165) is 25.9 Å². The Kier molecular flexibility index (Phi) is 2.55. The molecule has 14 heavy (non-hydrogen) atoms. The van der Waals surface area contributed by atoms with Crippen molar-refractivity contribution in [2.75, 3.05) is 0 Å². The van der Waals surface area contributed by atoms with Gasteiger partial charge in [0, 0.05) is 28.5 Å². The maximum Gasteiger partial charge on any atom is 0.270 e. The lowest BCUT2D eigenvalue weighted by molar-refractivity contribution is 0.611. The van der Waals surface area contributed by atoms with Gasteiger partial charge in [0.05, 0.1) is 9.17 Å². The number of aromatic nitrogens is 1. The Morgan fingerprint density at radius 1 is 1.43 bits per heavy atom. The van der Waals surface area contributed by atoms with E-state index in [9.17, 15) is 8.42 Å². The Morgan fingerprint density at radius 3 is 2.71 bits per heavy atom. The summed E-state index contributed by atoms with van der Waals surface area (Å²) >= 11 is 4.41. The molecule has 0 amide bonds. The molecule has 0 aliphatic heterocycles. The lowest BCUT2D eigenvalue weighted by atomic mass is 10.3. The van der Waals surface area contributed by atoms with Gasteiger partial charge in [-0.2, -0.15) is 0 Å². The second kappa shape index (κ2) is 3.44. The van der Waals surface area contributed by atoms with E-state index in [1.807, 2.05) is 0 Å². The molecule has 0 aromatic carbocycles. The summed E-state index contributed by atoms with van der Waals surface area (Å²) in [6.07, 6.45) is 3.21. The van der Waals surface area contributed by atoms with Crippen molar-refractivity contribution in [2.45, 2.75) is 4.21 Å². The number of halogens is 2. The monoisotopic (exact) mass is 311 g/mol. The van der Waals surface area contributed by atoms with Gasteiger partial charge in [0.1, 0.15) is 4.21 Å². The van der Waals surface area contributed by atoms with Gasteiger partial charge in [-0.15, -0.1) is 11.3 Å². The zero-order valence-electron chi connectivity index (χ0n) is 6.57. The van der Waals surface area contributed by atoms with Gasteiger partial charge < -0.3 is 0 Å². The summed E-state index contributed by atoms with van der Waals surface area (Å²) in [5.74, 6) is 0. The van der Waals surface area contributed by atoms with Crippen molar-refractivity contribution in [3.8, 4) is 0 Å². The molecule has 0 spiro atoms. The molecule has 2 aromatic rings. The molecule has 0 fully saturated rings. The molecular weight excluding hydrogens is 310 g/mol. The molecule has 74 valence electrons. The highest BCUT2D eigenvalue weighted by Crippen LogP contribution is 2.34. The smallest absolute Gasteiger partial charge is 0.263 e. The van der Waals surface area contributed by atoms with Crippen LogP contribution >= 0.6 is 37.9 Å². The van der Waals surface area contributed by atoms with Crippen molar-refractivity contribution in [3.05, 3.63) is 22.9 Å². The second-order valence-electron chi connectivity index (χ2n) is 2.54. The van der Waals surface area contributed by atoms with Gasteiger partial charge in [0.15, 0.2) is 0 Å². The Hall–Kier alpha value is -0.170. The standard InChI is InChI=1S/C7H3BrClNO2S2/c8-5-3-10-2-4-1-6(13-7(4)5)14(9,11)12/h1-3H. The molecule has 0 bridgehead atoms. The van der Waals surface area contributed by atoms with Gasteiger partial charge in [-0.1, -0.05) is 0 Å². The Morgan fingerprint density at radius 2 is 2.14 bits per heavy atom. The van der Waals surface area contributed by atoms with Crippen molar-refractivity contribution in [2.24, 2.45) is 0 Å². The van der Waals surface area contributed by atoms with Gasteiger partial charge in [-0.3, -0.25) is 4.98 Å². The summed E-state index contributed by atoms with van der Waals surface area (Å²) in [7, 11) is 1.59. The number of nitrogens with zero attached hydrogens (tertiary/aromatic N) is 1. The van der Waals surface area contributed by atoms with Crippen molar-refractivity contribution in [1.82, 2.24) is 4.98 Å². The molecule has 0 N–H and O–H groups in total. The molecular formula is C7H3BrClNO2S2. The van der Waals surface area contributed by atoms with Crippen LogP contribution in [0, 0.1) is 0 Å². The van der Waals surface area contributed by atoms with Crippen LogP contribution in [0.4, 0.5) is 0 Å². The number of hydrogen-bond acceptors (Lipinski definition) is 4. The molecule has 0 atom stereocenters. The third-order valence-electron chi connectivity index (χ3n) is 1.60. The number of pyridine rings is 1. The fraction of sp³-hybridized carbons (Fsp3) is 0. The van der Waals surface area contributed by atoms with E-state index in [-0.39, 0.29) is 4.21 Å². The molecule has 0 aliphatic rings. The molecule has 0 saturated heterocycles. The highest BCUT2D eigenvalue weighted by atomic mass is 79.9. The van der Waals surface area contributed by atoms with Gasteiger partial charge >= 0.3 is 0 Å². The van der Waals surface area contributed by atoms with Gasteiger partial charge in [-0.25, -0.2) is 8.42 Å². The molecule has 0 unspecified atom stereocenters. The average Bonchev–Trinajstić information content (AvgIpc) is 2.48. The van der Waals surface area contributed by atoms with E-state index >= 15 is 0 Å². The van der Waals surface area contributed by atoms with Crippen LogP contribution in [0.15, 0.2) is 27.1 Å². The summed E-state index contributed by atoms with van der Waals surface area (Å²) in [5, 5.41) is 0.767. The first-order chi connectivity index (χ1) is 6.48. The topological polar surface area (TPSA) is 47.0 Å². The zero-order valence-corrected chi connectivity index (χ0v) is 10.5. The van der Waals surface area contributed by atoms with Crippen molar-refractivity contribution >= 4 is 57.1 Å². The molecule has 2 rings (SSSR count). The minimum absolute atomic E-state index is 0.142. The molecule has 0 aliphatic carbocycles. The Bertz CT molecular complexity index is 593. The van der Waals surface area contributed by atoms with Crippen molar-refractivity contribution in [1.29, 1.82) is 0 Å². The van der Waals surface area contributed by atoms with Crippen molar-refractivity contribution in [3.63, 3.8) is 0 Å². The molecule has 0 saturated carbocycles. The number of hydrogen-bond donors (Lipinski definition) is 0. The quantitative estimate of drug-likeness (QED) is 0.761. The van der Waals surface area contributed by atoms with Crippen LogP contribution in [-0.4, -0.2) is 13.4 Å². The molecule has 2 aromatic heterocycles. The summed E-state index contributed by atoms with van der Waals surface area (Å²) < 4.78 is 23.9. The summed E-state index contributed by atoms with van der Waals surface area (Å²) in [4.78, 5) is 3.93. The van der Waals surface area contributed by atoms with E-state index in [1.165, 1.54) is 6.07 Å². The lowest BCUT2D eigenvalue weighted by Gasteiger charge is -1.89. The van der Waals surface area contributed by atoms with Gasteiger partial charge in [-0.05, 0) is 22.0 Å². The number of fused-ring (bicyclic) bond motifs is 1. The van der Waals surface area contributed by atoms with Crippen LogP contribution < -0.4 is 0 Å². The second-order valence-corrected chi connectivity index (χ2v) is 7.24. The molecule has 2 heterocycles. The SMILES string of the molecule is O=S(=O)(Cl)c1cc2cncc(Br)c2s1. The predicted octanol–water partition coefficient (Wildman–Crippen LogP) is 2.99. The van der Waals surface area contributed by atoms with Crippen LogP contribution in [0.25, 0.3) is 10.1 Å². The van der Waals surface area contributed by atoms with Crippen LogP contribution in [0.1, 0.15) is 0 Å². The number of rotatable bonds is 1. The summed E-state index contributed by atoms with van der Waals surface area (Å²) in [6, 6.07) is 1.51.